The Morgan fingerprint density at radius 1 is 1.20 bits per heavy atom. The monoisotopic (exact) mass is 376 g/mol. The van der Waals surface area contributed by atoms with Crippen LogP contribution in [0, 0.1) is 0 Å². The van der Waals surface area contributed by atoms with Gasteiger partial charge in [0.2, 0.25) is 10.0 Å². The highest BCUT2D eigenvalue weighted by molar-refractivity contribution is 7.91. The zero-order chi connectivity index (χ0) is 17.9. The Labute approximate surface area is 149 Å². The van der Waals surface area contributed by atoms with Gasteiger partial charge in [0.25, 0.3) is 5.91 Å². The Morgan fingerprint density at radius 3 is 2.60 bits per heavy atom. The normalized spacial score (nSPS) is 11.4. The van der Waals surface area contributed by atoms with Gasteiger partial charge in [-0.15, -0.1) is 11.3 Å². The molecule has 9 heteroatoms. The number of rotatable bonds is 6. The molecule has 0 aliphatic carbocycles. The van der Waals surface area contributed by atoms with Crippen LogP contribution in [0.25, 0.3) is 5.69 Å². The molecular formula is C16H16N4O3S2. The van der Waals surface area contributed by atoms with E-state index in [1.165, 1.54) is 13.1 Å². The minimum atomic E-state index is -3.45. The second-order valence-electron chi connectivity index (χ2n) is 5.13. The fraction of sp³-hybridized carbons (Fsp3) is 0.125. The van der Waals surface area contributed by atoms with Gasteiger partial charge in [0.05, 0.1) is 12.9 Å². The van der Waals surface area contributed by atoms with Crippen LogP contribution < -0.4 is 10.0 Å². The molecule has 2 aromatic heterocycles. The molecule has 1 aromatic carbocycles. The van der Waals surface area contributed by atoms with E-state index in [-0.39, 0.29) is 16.7 Å². The van der Waals surface area contributed by atoms with Gasteiger partial charge in [-0.1, -0.05) is 0 Å². The predicted molar refractivity (Wildman–Crippen MR) is 95.3 cm³/mol. The highest BCUT2D eigenvalue weighted by atomic mass is 32.2. The average molecular weight is 376 g/mol. The molecule has 0 saturated carbocycles. The summed E-state index contributed by atoms with van der Waals surface area (Å²) in [7, 11) is -2.08. The summed E-state index contributed by atoms with van der Waals surface area (Å²) in [4.78, 5) is 17.0. The molecule has 0 bridgehead atoms. The quantitative estimate of drug-likeness (QED) is 0.686. The summed E-state index contributed by atoms with van der Waals surface area (Å²) in [6.07, 6.45) is 5.19. The van der Waals surface area contributed by atoms with Crippen molar-refractivity contribution in [2.75, 3.05) is 7.05 Å². The number of imidazole rings is 1. The lowest BCUT2D eigenvalue weighted by molar-refractivity contribution is 0.0951. The number of hydrogen-bond acceptors (Lipinski definition) is 5. The van der Waals surface area contributed by atoms with Crippen molar-refractivity contribution >= 4 is 27.3 Å². The third kappa shape index (κ3) is 3.95. The van der Waals surface area contributed by atoms with Crippen LogP contribution in [0.3, 0.4) is 0 Å². The topological polar surface area (TPSA) is 93.1 Å². The first-order chi connectivity index (χ1) is 12.0. The molecule has 0 atom stereocenters. The van der Waals surface area contributed by atoms with Gasteiger partial charge in [0.1, 0.15) is 4.21 Å². The molecule has 0 spiro atoms. The number of carbonyl (C=O) groups is 1. The van der Waals surface area contributed by atoms with Gasteiger partial charge >= 0.3 is 0 Å². The Balaban J connectivity index is 1.63. The molecular weight excluding hydrogens is 360 g/mol. The molecule has 0 unspecified atom stereocenters. The van der Waals surface area contributed by atoms with Gasteiger partial charge in [-0.3, -0.25) is 4.79 Å². The lowest BCUT2D eigenvalue weighted by atomic mass is 10.2. The van der Waals surface area contributed by atoms with Crippen LogP contribution in [-0.2, 0) is 16.6 Å². The van der Waals surface area contributed by atoms with E-state index >= 15 is 0 Å². The molecule has 0 aliphatic heterocycles. The zero-order valence-corrected chi connectivity index (χ0v) is 15.0. The first kappa shape index (κ1) is 17.3. The van der Waals surface area contributed by atoms with E-state index in [1.807, 2.05) is 22.9 Å². The molecule has 25 heavy (non-hydrogen) atoms. The summed E-state index contributed by atoms with van der Waals surface area (Å²) in [5, 5.41) is 2.79. The predicted octanol–water partition coefficient (Wildman–Crippen LogP) is 1.77. The number of amides is 1. The number of nitrogens with one attached hydrogen (secondary N) is 2. The maximum atomic E-state index is 12.2. The van der Waals surface area contributed by atoms with E-state index in [2.05, 4.69) is 15.0 Å². The highest BCUT2D eigenvalue weighted by Gasteiger charge is 2.14. The third-order valence-electron chi connectivity index (χ3n) is 3.53. The van der Waals surface area contributed by atoms with Crippen molar-refractivity contribution in [2.45, 2.75) is 10.8 Å². The van der Waals surface area contributed by atoms with Gasteiger partial charge in [-0.05, 0) is 43.4 Å². The van der Waals surface area contributed by atoms with Crippen LogP contribution in [-0.4, -0.2) is 30.9 Å². The van der Waals surface area contributed by atoms with Crippen LogP contribution in [0.15, 0.2) is 59.3 Å². The van der Waals surface area contributed by atoms with Crippen molar-refractivity contribution in [1.82, 2.24) is 19.6 Å². The average Bonchev–Trinajstić information content (AvgIpc) is 3.32. The molecule has 0 radical (unpaired) electrons. The molecule has 3 rings (SSSR count). The van der Waals surface area contributed by atoms with E-state index in [1.54, 1.807) is 30.7 Å². The molecule has 130 valence electrons. The highest BCUT2D eigenvalue weighted by Crippen LogP contribution is 2.21. The fourth-order valence-electron chi connectivity index (χ4n) is 2.16. The third-order valence-corrected chi connectivity index (χ3v) is 6.52. The minimum Gasteiger partial charge on any atom is -0.347 e. The van der Waals surface area contributed by atoms with Crippen molar-refractivity contribution in [3.63, 3.8) is 0 Å². The van der Waals surface area contributed by atoms with Crippen LogP contribution >= 0.6 is 11.3 Å². The second-order valence-corrected chi connectivity index (χ2v) is 8.41. The number of benzene rings is 1. The number of hydrogen-bond donors (Lipinski definition) is 2. The van der Waals surface area contributed by atoms with Crippen LogP contribution in [0.4, 0.5) is 0 Å². The second kappa shape index (κ2) is 7.18. The van der Waals surface area contributed by atoms with Gasteiger partial charge in [0.15, 0.2) is 0 Å². The number of carbonyl (C=O) groups excluding carboxylic acids is 1. The zero-order valence-electron chi connectivity index (χ0n) is 13.3. The van der Waals surface area contributed by atoms with Gasteiger partial charge in [-0.25, -0.2) is 18.1 Å². The standard InChI is InChI=1S/C16H16N4O3S2/c1-17-25(22,23)15-7-6-14(24-15)10-19-16(21)12-2-4-13(5-3-12)20-9-8-18-11-20/h2-9,11,17H,10H2,1H3,(H,19,21). The van der Waals surface area contributed by atoms with Crippen molar-refractivity contribution in [3.05, 3.63) is 65.6 Å². The summed E-state index contributed by atoms with van der Waals surface area (Å²) in [6, 6.07) is 10.3. The Morgan fingerprint density at radius 2 is 1.96 bits per heavy atom. The number of sulfonamides is 1. The fourth-order valence-corrected chi connectivity index (χ4v) is 4.30. The number of thiophene rings is 1. The molecule has 2 N–H and O–H groups in total. The van der Waals surface area contributed by atoms with E-state index in [4.69, 9.17) is 0 Å². The maximum absolute atomic E-state index is 12.2. The molecule has 2 heterocycles. The van der Waals surface area contributed by atoms with Gasteiger partial charge in [-0.2, -0.15) is 0 Å². The maximum Gasteiger partial charge on any atom is 0.251 e. The molecule has 7 nitrogen and oxygen atoms in total. The van der Waals surface area contributed by atoms with Gasteiger partial charge in [0, 0.05) is 28.5 Å². The van der Waals surface area contributed by atoms with E-state index in [0.29, 0.717) is 5.56 Å². The molecule has 0 saturated heterocycles. The van der Waals surface area contributed by atoms with Crippen molar-refractivity contribution in [1.29, 1.82) is 0 Å². The lowest BCUT2D eigenvalue weighted by Crippen LogP contribution is -2.22. The van der Waals surface area contributed by atoms with E-state index < -0.39 is 10.0 Å². The smallest absolute Gasteiger partial charge is 0.251 e. The molecule has 0 fully saturated rings. The summed E-state index contributed by atoms with van der Waals surface area (Å²) in [6.45, 7) is 0.270. The Kier molecular flexibility index (Phi) is 4.98. The van der Waals surface area contributed by atoms with Crippen molar-refractivity contribution in [3.8, 4) is 5.69 Å². The largest absolute Gasteiger partial charge is 0.347 e. The molecule has 0 aliphatic rings. The SMILES string of the molecule is CNS(=O)(=O)c1ccc(CNC(=O)c2ccc(-n3ccnc3)cc2)s1. The Bertz CT molecular complexity index is 961. The summed E-state index contributed by atoms with van der Waals surface area (Å²) in [5.74, 6) is -0.219. The summed E-state index contributed by atoms with van der Waals surface area (Å²) < 4.78 is 27.8. The Hall–Kier alpha value is -2.49. The van der Waals surface area contributed by atoms with Crippen LogP contribution in [0.5, 0.6) is 0 Å². The summed E-state index contributed by atoms with van der Waals surface area (Å²) in [5.41, 5.74) is 1.44. The molecule has 3 aromatic rings. The number of nitrogens with zero attached hydrogens (tertiary/aromatic N) is 2. The van der Waals surface area contributed by atoms with Crippen LogP contribution in [0.2, 0.25) is 0 Å². The van der Waals surface area contributed by atoms with E-state index in [9.17, 15) is 13.2 Å². The lowest BCUT2D eigenvalue weighted by Gasteiger charge is -2.06. The first-order valence-electron chi connectivity index (χ1n) is 7.38. The first-order valence-corrected chi connectivity index (χ1v) is 9.68. The summed E-state index contributed by atoms with van der Waals surface area (Å²) >= 11 is 1.13. The van der Waals surface area contributed by atoms with Gasteiger partial charge < -0.3 is 9.88 Å². The number of aromatic nitrogens is 2. The van der Waals surface area contributed by atoms with Crippen molar-refractivity contribution in [2.24, 2.45) is 0 Å². The minimum absolute atomic E-state index is 0.219. The molecule has 1 amide bonds. The van der Waals surface area contributed by atoms with E-state index in [0.717, 1.165) is 21.9 Å². The van der Waals surface area contributed by atoms with Crippen LogP contribution in [0.1, 0.15) is 15.2 Å². The van der Waals surface area contributed by atoms with Crippen molar-refractivity contribution < 1.29 is 13.2 Å².